The Kier molecular flexibility index (Phi) is 5.00. The van der Waals surface area contributed by atoms with E-state index in [1.807, 2.05) is 4.90 Å². The maximum Gasteiger partial charge on any atom is 0.325 e. The fourth-order valence-electron chi connectivity index (χ4n) is 3.47. The van der Waals surface area contributed by atoms with Gasteiger partial charge >= 0.3 is 6.03 Å². The molecule has 1 atom stereocenters. The largest absolute Gasteiger partial charge is 0.332 e. The molecule has 0 aliphatic carbocycles. The number of urea groups is 1. The highest BCUT2D eigenvalue weighted by Gasteiger charge is 2.47. The van der Waals surface area contributed by atoms with Gasteiger partial charge in [-0.05, 0) is 31.4 Å². The molecule has 140 valence electrons. The van der Waals surface area contributed by atoms with Crippen molar-refractivity contribution in [2.75, 3.05) is 26.2 Å². The van der Waals surface area contributed by atoms with Gasteiger partial charge < -0.3 is 15.1 Å². The zero-order chi connectivity index (χ0) is 18.9. The molecule has 7 heteroatoms. The van der Waals surface area contributed by atoms with Crippen LogP contribution in [0.5, 0.6) is 0 Å². The quantitative estimate of drug-likeness (QED) is 0.789. The van der Waals surface area contributed by atoms with E-state index in [9.17, 15) is 14.4 Å². The lowest BCUT2D eigenvalue weighted by Gasteiger charge is -2.38. The van der Waals surface area contributed by atoms with E-state index in [0.29, 0.717) is 19.6 Å². The highest BCUT2D eigenvalue weighted by Crippen LogP contribution is 2.25. The third kappa shape index (κ3) is 3.31. The lowest BCUT2D eigenvalue weighted by Crippen LogP contribution is -2.54. The Hall–Kier alpha value is -2.41. The molecule has 7 nitrogen and oxygen atoms in total. The molecule has 2 aliphatic rings. The number of nitrogens with zero attached hydrogens (tertiary/aromatic N) is 2. The average molecular weight is 358 g/mol. The van der Waals surface area contributed by atoms with Crippen LogP contribution in [0.1, 0.15) is 37.9 Å². The van der Waals surface area contributed by atoms with Gasteiger partial charge in [0.05, 0.1) is 6.04 Å². The molecule has 26 heavy (non-hydrogen) atoms. The minimum atomic E-state index is -1.01. The number of imide groups is 1. The Bertz CT molecular complexity index is 714. The molecule has 0 radical (unpaired) electrons. The Morgan fingerprint density at radius 3 is 2.50 bits per heavy atom. The van der Waals surface area contributed by atoms with Crippen LogP contribution in [-0.2, 0) is 16.0 Å². The van der Waals surface area contributed by atoms with Gasteiger partial charge in [0.15, 0.2) is 0 Å². The van der Waals surface area contributed by atoms with Crippen LogP contribution in [0.4, 0.5) is 4.79 Å². The molecule has 2 fully saturated rings. The van der Waals surface area contributed by atoms with Crippen LogP contribution in [0.2, 0.25) is 0 Å². The first-order valence-corrected chi connectivity index (χ1v) is 9.06. The number of amides is 4. The molecule has 2 aliphatic heterocycles. The molecular weight excluding hydrogens is 332 g/mol. The molecule has 1 aromatic carbocycles. The van der Waals surface area contributed by atoms with Gasteiger partial charge in [-0.3, -0.25) is 14.9 Å². The van der Waals surface area contributed by atoms with Crippen molar-refractivity contribution >= 4 is 17.8 Å². The molecule has 0 saturated carbocycles. The highest BCUT2D eigenvalue weighted by molar-refractivity contribution is 6.07. The Labute approximate surface area is 153 Å². The van der Waals surface area contributed by atoms with Crippen LogP contribution in [0.3, 0.4) is 0 Å². The third-order valence-electron chi connectivity index (χ3n) is 5.33. The summed E-state index contributed by atoms with van der Waals surface area (Å²) in [5, 5.41) is 5.62. The van der Waals surface area contributed by atoms with E-state index < -0.39 is 11.6 Å². The molecule has 1 unspecified atom stereocenters. The zero-order valence-electron chi connectivity index (χ0n) is 15.5. The van der Waals surface area contributed by atoms with Crippen LogP contribution < -0.4 is 10.6 Å². The second-order valence-electron chi connectivity index (χ2n) is 7.31. The Morgan fingerprint density at radius 1 is 1.23 bits per heavy atom. The maximum absolute atomic E-state index is 13.0. The first-order valence-electron chi connectivity index (χ1n) is 9.06. The number of rotatable bonds is 4. The average Bonchev–Trinajstić information content (AvgIpc) is 2.83. The summed E-state index contributed by atoms with van der Waals surface area (Å²) >= 11 is 0. The SMILES string of the molecule is CCc1ccc(C2CNCCN2C(=O)CN2C(=O)NC(=O)C2(C)C)cc1. The maximum atomic E-state index is 13.0. The Morgan fingerprint density at radius 2 is 1.92 bits per heavy atom. The van der Waals surface area contributed by atoms with Crippen molar-refractivity contribution < 1.29 is 14.4 Å². The minimum absolute atomic E-state index is 0.0772. The van der Waals surface area contributed by atoms with Crippen molar-refractivity contribution in [1.29, 1.82) is 0 Å². The number of nitrogens with one attached hydrogen (secondary N) is 2. The molecular formula is C19H26N4O3. The van der Waals surface area contributed by atoms with Gasteiger partial charge in [-0.1, -0.05) is 31.2 Å². The van der Waals surface area contributed by atoms with Crippen LogP contribution >= 0.6 is 0 Å². The predicted molar refractivity (Wildman–Crippen MR) is 97.5 cm³/mol. The number of benzene rings is 1. The first kappa shape index (κ1) is 18.4. The van der Waals surface area contributed by atoms with Crippen LogP contribution in [0, 0.1) is 0 Å². The van der Waals surface area contributed by atoms with Crippen molar-refractivity contribution in [1.82, 2.24) is 20.4 Å². The monoisotopic (exact) mass is 358 g/mol. The number of aryl methyl sites for hydroxylation is 1. The van der Waals surface area contributed by atoms with Gasteiger partial charge in [0, 0.05) is 19.6 Å². The minimum Gasteiger partial charge on any atom is -0.332 e. The third-order valence-corrected chi connectivity index (χ3v) is 5.33. The number of carbonyl (C=O) groups excluding carboxylic acids is 3. The fourth-order valence-corrected chi connectivity index (χ4v) is 3.47. The molecule has 2 heterocycles. The van der Waals surface area contributed by atoms with E-state index in [4.69, 9.17) is 0 Å². The summed E-state index contributed by atoms with van der Waals surface area (Å²) in [6.07, 6.45) is 0.971. The van der Waals surface area contributed by atoms with Crippen LogP contribution in [-0.4, -0.2) is 59.4 Å². The second-order valence-corrected chi connectivity index (χ2v) is 7.31. The van der Waals surface area contributed by atoms with E-state index in [1.165, 1.54) is 10.5 Å². The van der Waals surface area contributed by atoms with Crippen LogP contribution in [0.15, 0.2) is 24.3 Å². The summed E-state index contributed by atoms with van der Waals surface area (Å²) in [6, 6.07) is 7.71. The van der Waals surface area contributed by atoms with Gasteiger partial charge in [-0.2, -0.15) is 0 Å². The van der Waals surface area contributed by atoms with Crippen molar-refractivity contribution in [3.63, 3.8) is 0 Å². The highest BCUT2D eigenvalue weighted by atomic mass is 16.2. The number of piperazine rings is 1. The van der Waals surface area contributed by atoms with E-state index in [1.54, 1.807) is 13.8 Å². The molecule has 2 saturated heterocycles. The lowest BCUT2D eigenvalue weighted by molar-refractivity contribution is -0.136. The van der Waals surface area contributed by atoms with E-state index >= 15 is 0 Å². The van der Waals surface area contributed by atoms with Crippen molar-refractivity contribution in [2.24, 2.45) is 0 Å². The molecule has 2 N–H and O–H groups in total. The summed E-state index contributed by atoms with van der Waals surface area (Å²) in [5.41, 5.74) is 1.31. The van der Waals surface area contributed by atoms with Crippen molar-refractivity contribution in [3.8, 4) is 0 Å². The van der Waals surface area contributed by atoms with Gasteiger partial charge in [-0.15, -0.1) is 0 Å². The predicted octanol–water partition coefficient (Wildman–Crippen LogP) is 1.05. The molecule has 0 bridgehead atoms. The topological polar surface area (TPSA) is 81.8 Å². The molecule has 0 spiro atoms. The number of carbonyl (C=O) groups is 3. The second kappa shape index (κ2) is 7.07. The van der Waals surface area contributed by atoms with Crippen molar-refractivity contribution in [3.05, 3.63) is 35.4 Å². The van der Waals surface area contributed by atoms with Crippen LogP contribution in [0.25, 0.3) is 0 Å². The standard InChI is InChI=1S/C19H26N4O3/c1-4-13-5-7-14(8-6-13)15-11-20-9-10-22(15)16(24)12-23-18(26)21-17(25)19(23,2)3/h5-8,15,20H,4,9-12H2,1-3H3,(H,21,25,26). The van der Waals surface area contributed by atoms with E-state index in [0.717, 1.165) is 12.0 Å². The summed E-state index contributed by atoms with van der Waals surface area (Å²) < 4.78 is 0. The van der Waals surface area contributed by atoms with Gasteiger partial charge in [0.2, 0.25) is 5.91 Å². The summed E-state index contributed by atoms with van der Waals surface area (Å²) in [4.78, 5) is 40.1. The number of hydrogen-bond acceptors (Lipinski definition) is 4. The summed E-state index contributed by atoms with van der Waals surface area (Å²) in [5.74, 6) is -0.517. The smallest absolute Gasteiger partial charge is 0.325 e. The van der Waals surface area contributed by atoms with Gasteiger partial charge in [0.25, 0.3) is 5.91 Å². The molecule has 1 aromatic rings. The molecule has 3 rings (SSSR count). The molecule has 4 amide bonds. The summed E-state index contributed by atoms with van der Waals surface area (Å²) in [7, 11) is 0. The van der Waals surface area contributed by atoms with E-state index in [-0.39, 0.29) is 24.4 Å². The fraction of sp³-hybridized carbons (Fsp3) is 0.526. The van der Waals surface area contributed by atoms with Gasteiger partial charge in [-0.25, -0.2) is 4.79 Å². The number of hydrogen-bond donors (Lipinski definition) is 2. The normalized spacial score (nSPS) is 22.5. The summed E-state index contributed by atoms with van der Waals surface area (Å²) in [6.45, 7) is 7.27. The Balaban J connectivity index is 1.77. The van der Waals surface area contributed by atoms with Gasteiger partial charge in [0.1, 0.15) is 12.1 Å². The molecule has 0 aromatic heterocycles. The first-order chi connectivity index (χ1) is 12.3. The zero-order valence-corrected chi connectivity index (χ0v) is 15.5. The lowest BCUT2D eigenvalue weighted by atomic mass is 10.0. The van der Waals surface area contributed by atoms with Crippen molar-refractivity contribution in [2.45, 2.75) is 38.8 Å². The van der Waals surface area contributed by atoms with E-state index in [2.05, 4.69) is 41.8 Å².